The van der Waals surface area contributed by atoms with E-state index in [4.69, 9.17) is 10.00 Å². The summed E-state index contributed by atoms with van der Waals surface area (Å²) >= 11 is 0. The quantitative estimate of drug-likeness (QED) is 0.523. The Bertz CT molecular complexity index is 948. The number of ether oxygens (including phenoxy) is 1. The third-order valence-corrected chi connectivity index (χ3v) is 5.24. The van der Waals surface area contributed by atoms with E-state index in [1.165, 1.54) is 0 Å². The fourth-order valence-corrected chi connectivity index (χ4v) is 3.56. The molecule has 2 N–H and O–H groups in total. The van der Waals surface area contributed by atoms with Crippen molar-refractivity contribution in [3.63, 3.8) is 0 Å². The van der Waals surface area contributed by atoms with Crippen LogP contribution in [0.2, 0.25) is 0 Å². The summed E-state index contributed by atoms with van der Waals surface area (Å²) in [6.45, 7) is 4.94. The zero-order valence-corrected chi connectivity index (χ0v) is 17.6. The van der Waals surface area contributed by atoms with Gasteiger partial charge in [0.2, 0.25) is 0 Å². The minimum absolute atomic E-state index is 0.316. The third-order valence-electron chi connectivity index (χ3n) is 5.24. The SMILES string of the molecule is COc1ccccc1N1CCN(CCCNC(=O)C(=O)Nc2ccccc2C#N)CC1. The predicted octanol–water partition coefficient (Wildman–Crippen LogP) is 1.83. The fourth-order valence-electron chi connectivity index (χ4n) is 3.56. The Morgan fingerprint density at radius 1 is 1.03 bits per heavy atom. The Morgan fingerprint density at radius 3 is 2.48 bits per heavy atom. The van der Waals surface area contributed by atoms with Crippen LogP contribution in [0.15, 0.2) is 48.5 Å². The van der Waals surface area contributed by atoms with Crippen molar-refractivity contribution in [1.29, 1.82) is 5.26 Å². The van der Waals surface area contributed by atoms with Crippen molar-refractivity contribution in [2.24, 2.45) is 0 Å². The number of carbonyl (C=O) groups is 2. The highest BCUT2D eigenvalue weighted by Gasteiger charge is 2.19. The summed E-state index contributed by atoms with van der Waals surface area (Å²) in [5, 5.41) is 14.2. The van der Waals surface area contributed by atoms with E-state index >= 15 is 0 Å². The van der Waals surface area contributed by atoms with Gasteiger partial charge in [0.05, 0.1) is 24.0 Å². The van der Waals surface area contributed by atoms with Crippen LogP contribution in [0.4, 0.5) is 11.4 Å². The van der Waals surface area contributed by atoms with E-state index in [0.29, 0.717) is 17.8 Å². The monoisotopic (exact) mass is 421 g/mol. The lowest BCUT2D eigenvalue weighted by molar-refractivity contribution is -0.136. The van der Waals surface area contributed by atoms with Crippen molar-refractivity contribution < 1.29 is 14.3 Å². The van der Waals surface area contributed by atoms with Gasteiger partial charge in [0, 0.05) is 32.7 Å². The lowest BCUT2D eigenvalue weighted by Gasteiger charge is -2.36. The molecule has 1 aliphatic rings. The van der Waals surface area contributed by atoms with Crippen molar-refractivity contribution in [3.05, 3.63) is 54.1 Å². The molecular weight excluding hydrogens is 394 g/mol. The number of hydrogen-bond acceptors (Lipinski definition) is 6. The molecule has 0 radical (unpaired) electrons. The predicted molar refractivity (Wildman–Crippen MR) is 119 cm³/mol. The molecule has 2 aromatic rings. The third kappa shape index (κ3) is 5.96. The van der Waals surface area contributed by atoms with Crippen LogP contribution in [-0.2, 0) is 9.59 Å². The van der Waals surface area contributed by atoms with Crippen LogP contribution in [0.5, 0.6) is 5.75 Å². The molecule has 0 saturated carbocycles. The summed E-state index contributed by atoms with van der Waals surface area (Å²) in [7, 11) is 1.69. The smallest absolute Gasteiger partial charge is 0.313 e. The van der Waals surface area contributed by atoms with Gasteiger partial charge < -0.3 is 20.3 Å². The number of amides is 2. The average molecular weight is 422 g/mol. The molecule has 162 valence electrons. The Labute approximate surface area is 182 Å². The number of para-hydroxylation sites is 3. The number of anilines is 2. The molecule has 0 aromatic heterocycles. The first-order chi connectivity index (χ1) is 15.1. The van der Waals surface area contributed by atoms with Gasteiger partial charge in [-0.25, -0.2) is 0 Å². The van der Waals surface area contributed by atoms with Gasteiger partial charge in [-0.05, 0) is 37.2 Å². The van der Waals surface area contributed by atoms with E-state index in [9.17, 15) is 9.59 Å². The Hall–Kier alpha value is -3.57. The van der Waals surface area contributed by atoms with Gasteiger partial charge in [0.15, 0.2) is 0 Å². The second-order valence-electron chi connectivity index (χ2n) is 7.22. The van der Waals surface area contributed by atoms with E-state index in [2.05, 4.69) is 26.5 Å². The summed E-state index contributed by atoms with van der Waals surface area (Å²) < 4.78 is 5.45. The van der Waals surface area contributed by atoms with E-state index in [1.807, 2.05) is 24.3 Å². The topological polar surface area (TPSA) is 97.7 Å². The molecule has 0 spiro atoms. The molecule has 8 heteroatoms. The first-order valence-electron chi connectivity index (χ1n) is 10.3. The molecule has 2 aromatic carbocycles. The number of rotatable bonds is 7. The number of carbonyl (C=O) groups excluding carboxylic acids is 2. The van der Waals surface area contributed by atoms with Crippen LogP contribution in [0, 0.1) is 11.3 Å². The van der Waals surface area contributed by atoms with Gasteiger partial charge in [-0.15, -0.1) is 0 Å². The van der Waals surface area contributed by atoms with Crippen molar-refractivity contribution >= 4 is 23.2 Å². The van der Waals surface area contributed by atoms with Crippen LogP contribution >= 0.6 is 0 Å². The maximum atomic E-state index is 12.0. The highest BCUT2D eigenvalue weighted by Crippen LogP contribution is 2.28. The zero-order valence-electron chi connectivity index (χ0n) is 17.6. The molecule has 2 amide bonds. The van der Waals surface area contributed by atoms with Gasteiger partial charge in [-0.1, -0.05) is 24.3 Å². The lowest BCUT2D eigenvalue weighted by atomic mass is 10.2. The maximum Gasteiger partial charge on any atom is 0.313 e. The molecule has 0 aliphatic carbocycles. The zero-order chi connectivity index (χ0) is 22.1. The van der Waals surface area contributed by atoms with Crippen LogP contribution in [0.3, 0.4) is 0 Å². The summed E-state index contributed by atoms with van der Waals surface area (Å²) in [6, 6.07) is 16.6. The normalized spacial score (nSPS) is 13.9. The van der Waals surface area contributed by atoms with Crippen molar-refractivity contribution in [2.75, 3.05) is 56.6 Å². The highest BCUT2D eigenvalue weighted by molar-refractivity contribution is 6.39. The molecule has 0 unspecified atom stereocenters. The maximum absolute atomic E-state index is 12.0. The number of nitrogens with one attached hydrogen (secondary N) is 2. The molecule has 1 saturated heterocycles. The second kappa shape index (κ2) is 11.0. The van der Waals surface area contributed by atoms with Crippen LogP contribution in [0.1, 0.15) is 12.0 Å². The first-order valence-corrected chi connectivity index (χ1v) is 10.3. The summed E-state index contributed by atoms with van der Waals surface area (Å²) in [6.07, 6.45) is 0.752. The van der Waals surface area contributed by atoms with Crippen LogP contribution in [-0.4, -0.2) is 63.1 Å². The molecule has 3 rings (SSSR count). The molecule has 0 atom stereocenters. The number of nitrogens with zero attached hydrogens (tertiary/aromatic N) is 3. The molecule has 0 bridgehead atoms. The van der Waals surface area contributed by atoms with Gasteiger partial charge in [-0.3, -0.25) is 14.5 Å². The Morgan fingerprint density at radius 2 is 1.74 bits per heavy atom. The van der Waals surface area contributed by atoms with Crippen molar-refractivity contribution in [3.8, 4) is 11.8 Å². The Kier molecular flexibility index (Phi) is 7.85. The molecule has 1 aliphatic heterocycles. The summed E-state index contributed by atoms with van der Waals surface area (Å²) in [5.41, 5.74) is 1.76. The average Bonchev–Trinajstić information content (AvgIpc) is 2.82. The summed E-state index contributed by atoms with van der Waals surface area (Å²) in [5.74, 6) is -0.587. The van der Waals surface area contributed by atoms with E-state index in [0.717, 1.165) is 50.6 Å². The second-order valence-corrected chi connectivity index (χ2v) is 7.22. The minimum Gasteiger partial charge on any atom is -0.495 e. The number of nitriles is 1. The molecule has 8 nitrogen and oxygen atoms in total. The standard InChI is InChI=1S/C23H27N5O3/c1-31-21-10-5-4-9-20(21)28-15-13-27(14-16-28)12-6-11-25-22(29)23(30)26-19-8-3-2-7-18(19)17-24/h2-5,7-10H,6,11-16H2,1H3,(H,25,29)(H,26,30). The minimum atomic E-state index is -0.770. The van der Waals surface area contributed by atoms with Crippen molar-refractivity contribution in [2.45, 2.75) is 6.42 Å². The van der Waals surface area contributed by atoms with Gasteiger partial charge in [0.1, 0.15) is 11.8 Å². The number of benzene rings is 2. The van der Waals surface area contributed by atoms with Crippen LogP contribution < -0.4 is 20.3 Å². The van der Waals surface area contributed by atoms with Crippen molar-refractivity contribution in [1.82, 2.24) is 10.2 Å². The molecule has 1 heterocycles. The number of piperazine rings is 1. The van der Waals surface area contributed by atoms with E-state index in [-0.39, 0.29) is 0 Å². The fraction of sp³-hybridized carbons (Fsp3) is 0.348. The summed E-state index contributed by atoms with van der Waals surface area (Å²) in [4.78, 5) is 28.7. The number of hydrogen-bond donors (Lipinski definition) is 2. The number of methoxy groups -OCH3 is 1. The highest BCUT2D eigenvalue weighted by atomic mass is 16.5. The molecular formula is C23H27N5O3. The Balaban J connectivity index is 1.36. The first kappa shape index (κ1) is 22.1. The molecule has 1 fully saturated rings. The van der Waals surface area contributed by atoms with E-state index < -0.39 is 11.8 Å². The van der Waals surface area contributed by atoms with Crippen LogP contribution in [0.25, 0.3) is 0 Å². The van der Waals surface area contributed by atoms with Gasteiger partial charge in [0.25, 0.3) is 0 Å². The molecule has 31 heavy (non-hydrogen) atoms. The van der Waals surface area contributed by atoms with Gasteiger partial charge >= 0.3 is 11.8 Å². The van der Waals surface area contributed by atoms with Gasteiger partial charge in [-0.2, -0.15) is 5.26 Å². The lowest BCUT2D eigenvalue weighted by Crippen LogP contribution is -2.47. The largest absolute Gasteiger partial charge is 0.495 e. The van der Waals surface area contributed by atoms with E-state index in [1.54, 1.807) is 31.4 Å².